The first-order chi connectivity index (χ1) is 17.6. The van der Waals surface area contributed by atoms with Crippen molar-refractivity contribution in [1.82, 2.24) is 0 Å². The highest BCUT2D eigenvalue weighted by molar-refractivity contribution is 8.00. The average Bonchev–Trinajstić information content (AvgIpc) is 3.13. The van der Waals surface area contributed by atoms with Crippen molar-refractivity contribution in [2.75, 3.05) is 10.2 Å². The molecule has 0 aromatic heterocycles. The molecule has 178 valence electrons. The molecule has 36 heavy (non-hydrogen) atoms. The summed E-state index contributed by atoms with van der Waals surface area (Å²) < 4.78 is 0. The summed E-state index contributed by atoms with van der Waals surface area (Å²) >= 11 is 1.77. The van der Waals surface area contributed by atoms with E-state index in [0.717, 1.165) is 28.1 Å². The van der Waals surface area contributed by atoms with E-state index in [2.05, 4.69) is 24.4 Å². The number of carbonyl (C=O) groups is 2. The Morgan fingerprint density at radius 2 is 1.53 bits per heavy atom. The van der Waals surface area contributed by atoms with E-state index in [1.54, 1.807) is 40.9 Å². The maximum absolute atomic E-state index is 13.4. The van der Waals surface area contributed by atoms with Gasteiger partial charge in [-0.3, -0.25) is 14.5 Å². The molecule has 5 rings (SSSR count). The molecule has 0 fully saturated rings. The molecule has 1 aliphatic rings. The summed E-state index contributed by atoms with van der Waals surface area (Å²) in [5, 5.41) is 3.29. The molecule has 1 N–H and O–H groups in total. The summed E-state index contributed by atoms with van der Waals surface area (Å²) in [6, 6.07) is 32.4. The number of benzene rings is 4. The summed E-state index contributed by atoms with van der Waals surface area (Å²) in [6.07, 6.45) is 4.95. The zero-order valence-corrected chi connectivity index (χ0v) is 20.7. The predicted molar refractivity (Wildman–Crippen MR) is 149 cm³/mol. The zero-order chi connectivity index (χ0) is 24.9. The van der Waals surface area contributed by atoms with E-state index in [1.165, 1.54) is 0 Å². The summed E-state index contributed by atoms with van der Waals surface area (Å²) in [5.74, 6) is -0.302. The number of para-hydroxylation sites is 1. The number of nitrogens with zero attached hydrogens (tertiary/aromatic N) is 1. The van der Waals surface area contributed by atoms with Gasteiger partial charge in [0.2, 0.25) is 0 Å². The average molecular weight is 491 g/mol. The van der Waals surface area contributed by atoms with Crippen LogP contribution in [0.15, 0.2) is 120 Å². The summed E-state index contributed by atoms with van der Waals surface area (Å²) in [6.45, 7) is 2.15. The fourth-order valence-electron chi connectivity index (χ4n) is 4.20. The molecule has 4 nitrogen and oxygen atoms in total. The lowest BCUT2D eigenvalue weighted by Crippen LogP contribution is -2.25. The van der Waals surface area contributed by atoms with Crippen molar-refractivity contribution in [2.24, 2.45) is 0 Å². The lowest BCUT2D eigenvalue weighted by Gasteiger charge is -2.20. The molecule has 0 saturated carbocycles. The number of hydrogen-bond donors (Lipinski definition) is 1. The Labute approximate surface area is 215 Å². The number of amides is 2. The number of thioether (sulfide) groups is 1. The summed E-state index contributed by atoms with van der Waals surface area (Å²) in [5.41, 5.74) is 4.52. The normalized spacial score (nSPS) is 14.6. The smallest absolute Gasteiger partial charge is 0.262 e. The van der Waals surface area contributed by atoms with Gasteiger partial charge in [-0.05, 0) is 60.0 Å². The van der Waals surface area contributed by atoms with Crippen LogP contribution in [0.4, 0.5) is 11.4 Å². The van der Waals surface area contributed by atoms with E-state index in [0.29, 0.717) is 22.1 Å². The number of nitrogens with one attached hydrogen (secondary N) is 1. The number of anilines is 2. The molecule has 0 aliphatic carbocycles. The van der Waals surface area contributed by atoms with Gasteiger partial charge in [-0.25, -0.2) is 0 Å². The summed E-state index contributed by atoms with van der Waals surface area (Å²) in [7, 11) is 0. The molecule has 0 bridgehead atoms. The van der Waals surface area contributed by atoms with Crippen molar-refractivity contribution in [3.05, 3.63) is 127 Å². The molecule has 4 aromatic rings. The first kappa shape index (κ1) is 23.6. The van der Waals surface area contributed by atoms with Gasteiger partial charge in [-0.1, -0.05) is 73.7 Å². The third kappa shape index (κ3) is 4.97. The molecule has 2 amide bonds. The van der Waals surface area contributed by atoms with Crippen LogP contribution in [0.3, 0.4) is 0 Å². The second-order valence-corrected chi connectivity index (χ2v) is 9.77. The molecule has 0 saturated heterocycles. The van der Waals surface area contributed by atoms with E-state index >= 15 is 0 Å². The third-order valence-electron chi connectivity index (χ3n) is 6.12. The fraction of sp³-hybridized carbons (Fsp3) is 0.0968. The monoisotopic (exact) mass is 490 g/mol. The number of carbonyl (C=O) groups excluding carboxylic acids is 2. The number of rotatable bonds is 5. The summed E-state index contributed by atoms with van der Waals surface area (Å²) in [4.78, 5) is 29.4. The van der Waals surface area contributed by atoms with Crippen LogP contribution in [0.25, 0.3) is 11.1 Å². The topological polar surface area (TPSA) is 49.4 Å². The van der Waals surface area contributed by atoms with Gasteiger partial charge in [0.1, 0.15) is 0 Å². The first-order valence-corrected chi connectivity index (χ1v) is 12.9. The lowest BCUT2D eigenvalue weighted by molar-refractivity contribution is 0.0995. The molecule has 1 aliphatic heterocycles. The van der Waals surface area contributed by atoms with Gasteiger partial charge in [0.15, 0.2) is 0 Å². The Kier molecular flexibility index (Phi) is 7.01. The standard InChI is InChI=1S/C31H26N2O2S/c1-2-25-20-21-33(28-14-8-9-15-29(28)36-25)31(35)23-16-18-24(19-17-23)32-30(34)27-13-7-6-12-26(27)22-10-4-3-5-11-22/h3-21,25H,2H2,1H3,(H,32,34). The molecule has 5 heteroatoms. The van der Waals surface area contributed by atoms with Gasteiger partial charge in [-0.15, -0.1) is 11.8 Å². The minimum Gasteiger partial charge on any atom is -0.322 e. The highest BCUT2D eigenvalue weighted by Gasteiger charge is 2.23. The molecule has 4 aromatic carbocycles. The Morgan fingerprint density at radius 3 is 2.31 bits per heavy atom. The number of hydrogen-bond acceptors (Lipinski definition) is 3. The molecule has 1 unspecified atom stereocenters. The zero-order valence-electron chi connectivity index (χ0n) is 19.9. The van der Waals surface area contributed by atoms with Gasteiger partial charge in [0.25, 0.3) is 11.8 Å². The molecule has 1 heterocycles. The van der Waals surface area contributed by atoms with Crippen LogP contribution < -0.4 is 10.2 Å². The molecular weight excluding hydrogens is 464 g/mol. The van der Waals surface area contributed by atoms with Crippen molar-refractivity contribution in [3.8, 4) is 11.1 Å². The van der Waals surface area contributed by atoms with E-state index in [-0.39, 0.29) is 11.8 Å². The maximum Gasteiger partial charge on any atom is 0.262 e. The highest BCUT2D eigenvalue weighted by Crippen LogP contribution is 2.38. The van der Waals surface area contributed by atoms with Gasteiger partial charge in [-0.2, -0.15) is 0 Å². The van der Waals surface area contributed by atoms with E-state index in [4.69, 9.17) is 0 Å². The Morgan fingerprint density at radius 1 is 0.833 bits per heavy atom. The minimum atomic E-state index is -0.194. The Balaban J connectivity index is 1.36. The lowest BCUT2D eigenvalue weighted by atomic mass is 9.99. The third-order valence-corrected chi connectivity index (χ3v) is 7.51. The van der Waals surface area contributed by atoms with Crippen molar-refractivity contribution in [2.45, 2.75) is 23.5 Å². The fourth-order valence-corrected chi connectivity index (χ4v) is 5.29. The first-order valence-electron chi connectivity index (χ1n) is 12.0. The van der Waals surface area contributed by atoms with Crippen LogP contribution in [0.5, 0.6) is 0 Å². The predicted octanol–water partition coefficient (Wildman–Crippen LogP) is 7.65. The van der Waals surface area contributed by atoms with Crippen molar-refractivity contribution in [1.29, 1.82) is 0 Å². The second-order valence-electron chi connectivity index (χ2n) is 8.49. The molecule has 1 atom stereocenters. The van der Waals surface area contributed by atoms with Crippen LogP contribution >= 0.6 is 11.8 Å². The quantitative estimate of drug-likeness (QED) is 0.313. The van der Waals surface area contributed by atoms with Crippen LogP contribution in [-0.2, 0) is 0 Å². The van der Waals surface area contributed by atoms with Gasteiger partial charge >= 0.3 is 0 Å². The number of fused-ring (bicyclic) bond motifs is 1. The van der Waals surface area contributed by atoms with Crippen molar-refractivity contribution in [3.63, 3.8) is 0 Å². The van der Waals surface area contributed by atoms with Crippen molar-refractivity contribution < 1.29 is 9.59 Å². The molecule has 0 radical (unpaired) electrons. The van der Waals surface area contributed by atoms with Gasteiger partial charge in [0, 0.05) is 33.2 Å². The molecule has 0 spiro atoms. The maximum atomic E-state index is 13.4. The van der Waals surface area contributed by atoms with E-state index in [1.807, 2.05) is 79.0 Å². The van der Waals surface area contributed by atoms with E-state index < -0.39 is 0 Å². The second kappa shape index (κ2) is 10.7. The van der Waals surface area contributed by atoms with Crippen LogP contribution in [0.1, 0.15) is 34.1 Å². The van der Waals surface area contributed by atoms with Crippen LogP contribution in [0, 0.1) is 0 Å². The molecular formula is C31H26N2O2S. The largest absolute Gasteiger partial charge is 0.322 e. The van der Waals surface area contributed by atoms with E-state index in [9.17, 15) is 9.59 Å². The van der Waals surface area contributed by atoms with Crippen LogP contribution in [0.2, 0.25) is 0 Å². The van der Waals surface area contributed by atoms with Crippen molar-refractivity contribution >= 4 is 35.0 Å². The van der Waals surface area contributed by atoms with Gasteiger partial charge < -0.3 is 5.32 Å². The Hall–Kier alpha value is -4.09. The van der Waals surface area contributed by atoms with Crippen LogP contribution in [-0.4, -0.2) is 17.1 Å². The van der Waals surface area contributed by atoms with Gasteiger partial charge in [0.05, 0.1) is 5.69 Å². The Bertz CT molecular complexity index is 1410. The highest BCUT2D eigenvalue weighted by atomic mass is 32.2. The SMILES string of the molecule is CCC1C=CN(C(=O)c2ccc(NC(=O)c3ccccc3-c3ccccc3)cc2)c2ccccc2S1. The minimum absolute atomic E-state index is 0.108.